The van der Waals surface area contributed by atoms with Crippen LogP contribution in [0, 0.1) is 12.8 Å². The summed E-state index contributed by atoms with van der Waals surface area (Å²) in [4.78, 5) is 34.0. The number of carbonyl (C=O) groups excluding carboxylic acids is 2. The third kappa shape index (κ3) is 7.21. The highest BCUT2D eigenvalue weighted by Gasteiger charge is 2.32. The van der Waals surface area contributed by atoms with Gasteiger partial charge in [-0.05, 0) is 56.1 Å². The predicted octanol–water partition coefficient (Wildman–Crippen LogP) is 4.06. The van der Waals surface area contributed by atoms with Crippen LogP contribution < -0.4 is 4.74 Å². The quantitative estimate of drug-likeness (QED) is 0.504. The van der Waals surface area contributed by atoms with Crippen LogP contribution in [0.25, 0.3) is 0 Å². The zero-order valence-electron chi connectivity index (χ0n) is 20.1. The van der Waals surface area contributed by atoms with Crippen LogP contribution in [0.15, 0.2) is 29.6 Å². The van der Waals surface area contributed by atoms with E-state index < -0.39 is 0 Å². The molecule has 1 saturated heterocycles. The fraction of sp³-hybridized carbons (Fsp3) is 0.560. The number of hydrogen-bond donors (Lipinski definition) is 0. The van der Waals surface area contributed by atoms with E-state index in [2.05, 4.69) is 17.1 Å². The molecule has 0 spiro atoms. The van der Waals surface area contributed by atoms with E-state index in [-0.39, 0.29) is 17.9 Å². The molecule has 2 heterocycles. The lowest BCUT2D eigenvalue weighted by Crippen LogP contribution is -2.48. The molecular formula is C25H35N3O3S2. The second kappa shape index (κ2) is 12.4. The van der Waals surface area contributed by atoms with Crippen molar-refractivity contribution in [2.45, 2.75) is 45.1 Å². The molecule has 1 aliphatic rings. The summed E-state index contributed by atoms with van der Waals surface area (Å²) in [6.07, 6.45) is 5.54. The number of hydrogen-bond acceptors (Lipinski definition) is 6. The maximum absolute atomic E-state index is 12.9. The van der Waals surface area contributed by atoms with Crippen LogP contribution in [0.4, 0.5) is 0 Å². The van der Waals surface area contributed by atoms with Gasteiger partial charge in [-0.1, -0.05) is 12.1 Å². The number of nitrogens with zero attached hydrogens (tertiary/aromatic N) is 3. The number of aryl methyl sites for hydroxylation is 1. The van der Waals surface area contributed by atoms with Crippen LogP contribution >= 0.6 is 23.1 Å². The lowest BCUT2D eigenvalue weighted by molar-refractivity contribution is -0.135. The first-order valence-electron chi connectivity index (χ1n) is 11.5. The van der Waals surface area contributed by atoms with E-state index in [1.807, 2.05) is 47.5 Å². The van der Waals surface area contributed by atoms with Crippen LogP contribution in [0.1, 0.15) is 35.5 Å². The number of thioether (sulfide) groups is 1. The molecular weight excluding hydrogens is 454 g/mol. The van der Waals surface area contributed by atoms with Crippen molar-refractivity contribution < 1.29 is 14.3 Å². The van der Waals surface area contributed by atoms with E-state index in [0.29, 0.717) is 18.8 Å². The number of rotatable bonds is 10. The molecule has 1 aliphatic heterocycles. The molecule has 0 N–H and O–H groups in total. The van der Waals surface area contributed by atoms with Gasteiger partial charge < -0.3 is 14.5 Å². The first-order chi connectivity index (χ1) is 15.9. The third-order valence-electron chi connectivity index (χ3n) is 6.43. The number of aromatic nitrogens is 1. The number of piperidine rings is 1. The number of thiazole rings is 1. The highest BCUT2D eigenvalue weighted by molar-refractivity contribution is 7.98. The number of likely N-dealkylation sites (N-methyl/N-ethyl adjacent to an activating group) is 1. The molecule has 1 aromatic heterocycles. The van der Waals surface area contributed by atoms with Crippen molar-refractivity contribution in [1.82, 2.24) is 14.8 Å². The molecule has 33 heavy (non-hydrogen) atoms. The summed E-state index contributed by atoms with van der Waals surface area (Å²) in [5, 5.41) is 2.96. The van der Waals surface area contributed by atoms with Crippen LogP contribution in [-0.4, -0.2) is 71.9 Å². The zero-order chi connectivity index (χ0) is 23.8. The Morgan fingerprint density at radius 3 is 2.73 bits per heavy atom. The number of amides is 2. The van der Waals surface area contributed by atoms with Crippen molar-refractivity contribution in [2.75, 3.05) is 39.3 Å². The van der Waals surface area contributed by atoms with Crippen LogP contribution in [0.5, 0.6) is 5.75 Å². The molecule has 0 radical (unpaired) electrons. The van der Waals surface area contributed by atoms with Gasteiger partial charge >= 0.3 is 0 Å². The minimum atomic E-state index is 0.102. The number of ether oxygens (including phenoxy) is 1. The van der Waals surface area contributed by atoms with E-state index in [9.17, 15) is 9.59 Å². The minimum absolute atomic E-state index is 0.102. The molecule has 0 aliphatic carbocycles. The summed E-state index contributed by atoms with van der Waals surface area (Å²) < 4.78 is 5.40. The topological polar surface area (TPSA) is 62.7 Å². The molecule has 2 amide bonds. The Morgan fingerprint density at radius 1 is 1.33 bits per heavy atom. The van der Waals surface area contributed by atoms with Gasteiger partial charge in [0.25, 0.3) is 0 Å². The summed E-state index contributed by atoms with van der Waals surface area (Å²) in [7, 11) is 3.62. The zero-order valence-corrected chi connectivity index (χ0v) is 21.7. The summed E-state index contributed by atoms with van der Waals surface area (Å²) in [5.74, 6) is 2.35. The van der Waals surface area contributed by atoms with Gasteiger partial charge in [-0.25, -0.2) is 4.98 Å². The van der Waals surface area contributed by atoms with Crippen molar-refractivity contribution >= 4 is 34.9 Å². The SMILES string of the molecule is COc1cccc(CC(C2CCN(C(=O)Cc3csc(C)n3)CC2)N(C)C(=O)CCSC)c1. The number of methoxy groups -OCH3 is 1. The fourth-order valence-corrected chi connectivity index (χ4v) is 5.49. The van der Waals surface area contributed by atoms with Crippen molar-refractivity contribution in [3.63, 3.8) is 0 Å². The second-order valence-electron chi connectivity index (χ2n) is 8.62. The van der Waals surface area contributed by atoms with E-state index in [1.54, 1.807) is 30.2 Å². The van der Waals surface area contributed by atoms with Crippen molar-refractivity contribution in [3.8, 4) is 5.75 Å². The van der Waals surface area contributed by atoms with E-state index >= 15 is 0 Å². The first kappa shape index (κ1) is 25.6. The summed E-state index contributed by atoms with van der Waals surface area (Å²) in [6.45, 7) is 3.42. The van der Waals surface area contributed by atoms with Gasteiger partial charge in [0.05, 0.1) is 24.2 Å². The fourth-order valence-electron chi connectivity index (χ4n) is 4.50. The van der Waals surface area contributed by atoms with Gasteiger partial charge in [-0.3, -0.25) is 9.59 Å². The van der Waals surface area contributed by atoms with Crippen LogP contribution in [0.2, 0.25) is 0 Å². The largest absolute Gasteiger partial charge is 0.497 e. The summed E-state index contributed by atoms with van der Waals surface area (Å²) in [6, 6.07) is 8.21. The van der Waals surface area contributed by atoms with E-state index in [1.165, 1.54) is 5.56 Å². The molecule has 3 rings (SSSR count). The number of benzene rings is 1. The second-order valence-corrected chi connectivity index (χ2v) is 10.7. The monoisotopic (exact) mass is 489 g/mol. The lowest BCUT2D eigenvalue weighted by Gasteiger charge is -2.40. The molecule has 0 bridgehead atoms. The summed E-state index contributed by atoms with van der Waals surface area (Å²) in [5.41, 5.74) is 2.03. The molecule has 8 heteroatoms. The first-order valence-corrected chi connectivity index (χ1v) is 13.7. The smallest absolute Gasteiger partial charge is 0.228 e. The average molecular weight is 490 g/mol. The van der Waals surface area contributed by atoms with Crippen molar-refractivity contribution in [3.05, 3.63) is 45.9 Å². The highest BCUT2D eigenvalue weighted by Crippen LogP contribution is 2.28. The number of carbonyl (C=O) groups is 2. The molecule has 0 saturated carbocycles. The average Bonchev–Trinajstić information content (AvgIpc) is 3.25. The molecule has 1 aromatic carbocycles. The van der Waals surface area contributed by atoms with Crippen LogP contribution in [0.3, 0.4) is 0 Å². The van der Waals surface area contributed by atoms with E-state index in [4.69, 9.17) is 4.74 Å². The van der Waals surface area contributed by atoms with E-state index in [0.717, 1.165) is 54.6 Å². The van der Waals surface area contributed by atoms with Gasteiger partial charge in [0.15, 0.2) is 0 Å². The number of likely N-dealkylation sites (tertiary alicyclic amines) is 1. The van der Waals surface area contributed by atoms with Crippen LogP contribution in [-0.2, 0) is 22.4 Å². The van der Waals surface area contributed by atoms with Crippen molar-refractivity contribution in [2.24, 2.45) is 5.92 Å². The molecule has 1 unspecified atom stereocenters. The highest BCUT2D eigenvalue weighted by atomic mass is 32.2. The maximum atomic E-state index is 12.9. The molecule has 180 valence electrons. The predicted molar refractivity (Wildman–Crippen MR) is 136 cm³/mol. The molecule has 1 atom stereocenters. The normalized spacial score (nSPS) is 15.3. The van der Waals surface area contributed by atoms with Gasteiger partial charge in [-0.2, -0.15) is 11.8 Å². The Kier molecular flexibility index (Phi) is 9.62. The van der Waals surface area contributed by atoms with Gasteiger partial charge in [0.1, 0.15) is 5.75 Å². The standard InChI is InChI=1S/C25H35N3O3S2/c1-18-26-21(17-33-18)16-25(30)28-11-8-20(9-12-28)23(27(2)24(29)10-13-32-4)15-19-6-5-7-22(14-19)31-3/h5-7,14,17,20,23H,8-13,15-16H2,1-4H3. The van der Waals surface area contributed by atoms with Gasteiger partial charge in [0.2, 0.25) is 11.8 Å². The lowest BCUT2D eigenvalue weighted by atomic mass is 9.84. The summed E-state index contributed by atoms with van der Waals surface area (Å²) >= 11 is 3.28. The Bertz CT molecular complexity index is 925. The maximum Gasteiger partial charge on any atom is 0.228 e. The Balaban J connectivity index is 1.66. The molecule has 6 nitrogen and oxygen atoms in total. The minimum Gasteiger partial charge on any atom is -0.497 e. The molecule has 1 fully saturated rings. The Labute approximate surface area is 205 Å². The van der Waals surface area contributed by atoms with Crippen molar-refractivity contribution in [1.29, 1.82) is 0 Å². The third-order valence-corrected chi connectivity index (χ3v) is 7.86. The Hall–Kier alpha value is -2.06. The molecule has 2 aromatic rings. The van der Waals surface area contributed by atoms with Gasteiger partial charge in [0, 0.05) is 43.7 Å². The van der Waals surface area contributed by atoms with Gasteiger partial charge in [-0.15, -0.1) is 11.3 Å². The Morgan fingerprint density at radius 2 is 2.09 bits per heavy atom.